The number of methoxy groups -OCH3 is 2. The molecule has 4 rings (SSSR count). The average molecular weight is 476 g/mol. The molecule has 182 valence electrons. The van der Waals surface area contributed by atoms with E-state index >= 15 is 0 Å². The molecule has 2 aromatic carbocycles. The second-order valence-electron chi connectivity index (χ2n) is 7.65. The van der Waals surface area contributed by atoms with Gasteiger partial charge < -0.3 is 48.9 Å². The highest BCUT2D eigenvalue weighted by molar-refractivity contribution is 5.91. The van der Waals surface area contributed by atoms with Crippen molar-refractivity contribution in [1.82, 2.24) is 0 Å². The lowest BCUT2D eigenvalue weighted by molar-refractivity contribution is -0.277. The normalized spacial score (nSPS) is 24.7. The monoisotopic (exact) mass is 476 g/mol. The third kappa shape index (κ3) is 4.04. The number of benzene rings is 2. The van der Waals surface area contributed by atoms with Crippen molar-refractivity contribution in [2.24, 2.45) is 0 Å². The molecule has 11 heteroatoms. The molecule has 0 saturated carbocycles. The van der Waals surface area contributed by atoms with Gasteiger partial charge in [0, 0.05) is 6.07 Å². The van der Waals surface area contributed by atoms with Gasteiger partial charge in [-0.05, 0) is 17.7 Å². The molecule has 1 saturated heterocycles. The molecule has 11 nitrogen and oxygen atoms in total. The van der Waals surface area contributed by atoms with Gasteiger partial charge in [0.1, 0.15) is 47.4 Å². The lowest BCUT2D eigenvalue weighted by Crippen LogP contribution is -2.60. The Morgan fingerprint density at radius 2 is 1.71 bits per heavy atom. The van der Waals surface area contributed by atoms with Crippen molar-refractivity contribution in [3.8, 4) is 34.1 Å². The summed E-state index contributed by atoms with van der Waals surface area (Å²) in [6.45, 7) is -0.645. The molecule has 5 atom stereocenters. The molecule has 1 aromatic heterocycles. The highest BCUT2D eigenvalue weighted by Crippen LogP contribution is 2.43. The SMILES string of the molecule is COc1ccc(-c2coc3cc(OC4OC(CO)C(O)C(O)C4O)c(OC)c(O)c3c2=O)cc1. The van der Waals surface area contributed by atoms with E-state index < -0.39 is 48.5 Å². The molecule has 5 N–H and O–H groups in total. The Morgan fingerprint density at radius 3 is 2.32 bits per heavy atom. The topological polar surface area (TPSA) is 168 Å². The Morgan fingerprint density at radius 1 is 1.00 bits per heavy atom. The number of rotatable bonds is 6. The maximum atomic E-state index is 13.2. The summed E-state index contributed by atoms with van der Waals surface area (Å²) in [7, 11) is 2.75. The quantitative estimate of drug-likeness (QED) is 0.333. The molecule has 1 fully saturated rings. The molecule has 3 aromatic rings. The molecule has 5 unspecified atom stereocenters. The Kier molecular flexibility index (Phi) is 6.64. The molecule has 2 heterocycles. The van der Waals surface area contributed by atoms with Crippen LogP contribution in [0.4, 0.5) is 0 Å². The minimum absolute atomic E-state index is 0.0415. The summed E-state index contributed by atoms with van der Waals surface area (Å²) in [5, 5.41) is 50.2. The fraction of sp³-hybridized carbons (Fsp3) is 0.348. The van der Waals surface area contributed by atoms with Gasteiger partial charge in [-0.25, -0.2) is 0 Å². The van der Waals surface area contributed by atoms with Crippen LogP contribution in [0.1, 0.15) is 0 Å². The maximum absolute atomic E-state index is 13.2. The smallest absolute Gasteiger partial charge is 0.229 e. The number of phenols is 1. The predicted octanol–water partition coefficient (Wildman–Crippen LogP) is 0.361. The summed E-state index contributed by atoms with van der Waals surface area (Å²) in [4.78, 5) is 13.2. The van der Waals surface area contributed by atoms with Crippen LogP contribution in [0.25, 0.3) is 22.1 Å². The molecule has 0 amide bonds. The summed E-state index contributed by atoms with van der Waals surface area (Å²) in [5.74, 6) is -0.377. The van der Waals surface area contributed by atoms with Crippen molar-refractivity contribution in [3.63, 3.8) is 0 Å². The lowest BCUT2D eigenvalue weighted by Gasteiger charge is -2.39. The molecule has 0 spiro atoms. The van der Waals surface area contributed by atoms with Crippen molar-refractivity contribution in [3.05, 3.63) is 46.8 Å². The molecular weight excluding hydrogens is 452 g/mol. The zero-order valence-corrected chi connectivity index (χ0v) is 18.2. The van der Waals surface area contributed by atoms with Gasteiger partial charge in [-0.2, -0.15) is 0 Å². The number of aliphatic hydroxyl groups excluding tert-OH is 4. The fourth-order valence-electron chi connectivity index (χ4n) is 3.77. The van der Waals surface area contributed by atoms with Crippen LogP contribution in [0, 0.1) is 0 Å². The average Bonchev–Trinajstić information content (AvgIpc) is 2.84. The van der Waals surface area contributed by atoms with Gasteiger partial charge in [-0.3, -0.25) is 4.79 Å². The molecule has 0 radical (unpaired) electrons. The van der Waals surface area contributed by atoms with Crippen molar-refractivity contribution < 1.29 is 48.9 Å². The van der Waals surface area contributed by atoms with Gasteiger partial charge in [0.15, 0.2) is 11.5 Å². The zero-order valence-electron chi connectivity index (χ0n) is 18.2. The Bertz CT molecular complexity index is 1220. The number of hydrogen-bond acceptors (Lipinski definition) is 11. The van der Waals surface area contributed by atoms with E-state index in [1.54, 1.807) is 24.3 Å². The van der Waals surface area contributed by atoms with E-state index in [1.807, 2.05) is 0 Å². The van der Waals surface area contributed by atoms with E-state index in [0.29, 0.717) is 11.3 Å². The van der Waals surface area contributed by atoms with Crippen molar-refractivity contribution in [2.75, 3.05) is 20.8 Å². The van der Waals surface area contributed by atoms with Gasteiger partial charge in [0.25, 0.3) is 0 Å². The van der Waals surface area contributed by atoms with E-state index in [4.69, 9.17) is 23.4 Å². The number of fused-ring (bicyclic) bond motifs is 1. The summed E-state index contributed by atoms with van der Waals surface area (Å²) in [6, 6.07) is 7.95. The third-order valence-corrected chi connectivity index (χ3v) is 5.66. The highest BCUT2D eigenvalue weighted by atomic mass is 16.7. The lowest BCUT2D eigenvalue weighted by atomic mass is 9.99. The van der Waals surface area contributed by atoms with Crippen LogP contribution < -0.4 is 19.6 Å². The predicted molar refractivity (Wildman–Crippen MR) is 117 cm³/mol. The summed E-state index contributed by atoms with van der Waals surface area (Å²) in [6.07, 6.45) is -6.43. The van der Waals surface area contributed by atoms with Crippen molar-refractivity contribution in [1.29, 1.82) is 0 Å². The second kappa shape index (κ2) is 9.49. The van der Waals surface area contributed by atoms with E-state index in [1.165, 1.54) is 26.5 Å². The van der Waals surface area contributed by atoms with Crippen LogP contribution in [0.2, 0.25) is 0 Å². The van der Waals surface area contributed by atoms with Gasteiger partial charge in [-0.1, -0.05) is 12.1 Å². The van der Waals surface area contributed by atoms with Crippen LogP contribution in [0.5, 0.6) is 23.0 Å². The van der Waals surface area contributed by atoms with Gasteiger partial charge in [-0.15, -0.1) is 0 Å². The largest absolute Gasteiger partial charge is 0.504 e. The number of aromatic hydroxyl groups is 1. The maximum Gasteiger partial charge on any atom is 0.229 e. The first-order valence-electron chi connectivity index (χ1n) is 10.3. The molecular formula is C23H24O11. The zero-order chi connectivity index (χ0) is 24.6. The first-order chi connectivity index (χ1) is 16.3. The Labute approximate surface area is 192 Å². The number of aliphatic hydroxyl groups is 4. The van der Waals surface area contributed by atoms with Crippen molar-refractivity contribution >= 4 is 11.0 Å². The van der Waals surface area contributed by atoms with Crippen LogP contribution in [-0.4, -0.2) is 77.1 Å². The third-order valence-electron chi connectivity index (χ3n) is 5.66. The van der Waals surface area contributed by atoms with Gasteiger partial charge >= 0.3 is 0 Å². The van der Waals surface area contributed by atoms with Gasteiger partial charge in [0.2, 0.25) is 17.5 Å². The molecule has 34 heavy (non-hydrogen) atoms. The van der Waals surface area contributed by atoms with Crippen LogP contribution in [0.3, 0.4) is 0 Å². The van der Waals surface area contributed by atoms with E-state index in [9.17, 15) is 30.3 Å². The van der Waals surface area contributed by atoms with E-state index in [2.05, 4.69) is 0 Å². The van der Waals surface area contributed by atoms with Gasteiger partial charge in [0.05, 0.1) is 26.4 Å². The molecule has 0 aliphatic carbocycles. The van der Waals surface area contributed by atoms with Crippen LogP contribution >= 0.6 is 0 Å². The molecule has 0 bridgehead atoms. The number of ether oxygens (including phenoxy) is 4. The first-order valence-corrected chi connectivity index (χ1v) is 10.3. The van der Waals surface area contributed by atoms with E-state index in [-0.39, 0.29) is 28.0 Å². The highest BCUT2D eigenvalue weighted by Gasteiger charge is 2.45. The standard InChI is InChI=1S/C23H24O11/c1-30-11-5-3-10(4-6-11)12-9-32-13-7-14(22(31-2)19(27)16(13)17(12)25)33-23-21(29)20(28)18(26)15(8-24)34-23/h3-7,9,15,18,20-21,23-24,26-29H,8H2,1-2H3. The summed E-state index contributed by atoms with van der Waals surface area (Å²) >= 11 is 0. The van der Waals surface area contributed by atoms with Crippen LogP contribution in [0.15, 0.2) is 45.8 Å². The Hall–Kier alpha value is -3.35. The Balaban J connectivity index is 1.76. The van der Waals surface area contributed by atoms with E-state index in [0.717, 1.165) is 0 Å². The first kappa shape index (κ1) is 23.8. The van der Waals surface area contributed by atoms with Crippen LogP contribution in [-0.2, 0) is 4.74 Å². The molecule has 1 aliphatic rings. The number of phenolic OH excluding ortho intramolecular Hbond substituents is 1. The minimum Gasteiger partial charge on any atom is -0.504 e. The molecule has 1 aliphatic heterocycles. The number of hydrogen-bond donors (Lipinski definition) is 5. The minimum atomic E-state index is -1.69. The second-order valence-corrected chi connectivity index (χ2v) is 7.65. The summed E-state index contributed by atoms with van der Waals surface area (Å²) < 4.78 is 26.9. The fourth-order valence-corrected chi connectivity index (χ4v) is 3.77. The van der Waals surface area contributed by atoms with Crippen molar-refractivity contribution in [2.45, 2.75) is 30.7 Å². The summed E-state index contributed by atoms with van der Waals surface area (Å²) in [5.41, 5.74) is 0.160.